The van der Waals surface area contributed by atoms with E-state index in [1.807, 2.05) is 0 Å². The third kappa shape index (κ3) is 4.71. The Bertz CT molecular complexity index is 501. The summed E-state index contributed by atoms with van der Waals surface area (Å²) in [6.45, 7) is 1.96. The molecule has 1 aliphatic rings. The zero-order valence-electron chi connectivity index (χ0n) is 11.7. The highest BCUT2D eigenvalue weighted by Crippen LogP contribution is 2.25. The minimum absolute atomic E-state index is 0.0829. The van der Waals surface area contributed by atoms with Crippen LogP contribution in [0.25, 0.3) is 0 Å². The number of piperidine rings is 1. The Morgan fingerprint density at radius 2 is 2.10 bits per heavy atom. The van der Waals surface area contributed by atoms with Crippen molar-refractivity contribution in [3.05, 3.63) is 34.4 Å². The fourth-order valence-corrected chi connectivity index (χ4v) is 2.25. The van der Waals surface area contributed by atoms with Crippen LogP contribution in [0.5, 0.6) is 5.75 Å². The summed E-state index contributed by atoms with van der Waals surface area (Å²) in [7, 11) is 0. The molecule has 0 aromatic heterocycles. The van der Waals surface area contributed by atoms with Gasteiger partial charge in [0.15, 0.2) is 5.75 Å². The van der Waals surface area contributed by atoms with Gasteiger partial charge in [0.1, 0.15) is 0 Å². The van der Waals surface area contributed by atoms with Crippen LogP contribution in [-0.2, 0) is 4.79 Å². The molecule has 2 rings (SSSR count). The van der Waals surface area contributed by atoms with Crippen molar-refractivity contribution < 1.29 is 14.5 Å². The summed E-state index contributed by atoms with van der Waals surface area (Å²) in [5, 5.41) is 17.0. The Hall–Kier alpha value is -2.15. The highest BCUT2D eigenvalue weighted by Gasteiger charge is 2.16. The number of nitro benzene ring substituents is 1. The van der Waals surface area contributed by atoms with E-state index in [2.05, 4.69) is 10.6 Å². The van der Waals surface area contributed by atoms with Gasteiger partial charge in [-0.3, -0.25) is 14.9 Å². The lowest BCUT2D eigenvalue weighted by Gasteiger charge is -2.23. The van der Waals surface area contributed by atoms with Gasteiger partial charge in [0.05, 0.1) is 18.0 Å². The molecular weight excluding hydrogens is 274 g/mol. The number of amides is 1. The van der Waals surface area contributed by atoms with Gasteiger partial charge >= 0.3 is 5.69 Å². The monoisotopic (exact) mass is 293 g/mol. The van der Waals surface area contributed by atoms with Gasteiger partial charge in [-0.25, -0.2) is 0 Å². The second-order valence-electron chi connectivity index (χ2n) is 4.92. The Morgan fingerprint density at radius 1 is 1.38 bits per heavy atom. The molecule has 0 unspecified atom stereocenters. The quantitative estimate of drug-likeness (QED) is 0.608. The van der Waals surface area contributed by atoms with Crippen molar-refractivity contribution in [2.24, 2.45) is 0 Å². The fraction of sp³-hybridized carbons (Fsp3) is 0.500. The lowest BCUT2D eigenvalue weighted by molar-refractivity contribution is -0.385. The van der Waals surface area contributed by atoms with Crippen molar-refractivity contribution in [3.8, 4) is 5.75 Å². The SMILES string of the molecule is O=C(CCOc1ccccc1[N+](=O)[O-])NC1CCNCC1. The molecule has 7 nitrogen and oxygen atoms in total. The smallest absolute Gasteiger partial charge is 0.310 e. The van der Waals surface area contributed by atoms with E-state index < -0.39 is 4.92 Å². The zero-order chi connectivity index (χ0) is 15.1. The molecule has 0 radical (unpaired) electrons. The topological polar surface area (TPSA) is 93.5 Å². The number of carbonyl (C=O) groups excluding carboxylic acids is 1. The number of nitrogens with zero attached hydrogens (tertiary/aromatic N) is 1. The first-order valence-corrected chi connectivity index (χ1v) is 7.03. The Kier molecular flexibility index (Phi) is 5.51. The molecule has 1 aromatic carbocycles. The molecule has 0 spiro atoms. The molecular formula is C14H19N3O4. The first kappa shape index (κ1) is 15.2. The summed E-state index contributed by atoms with van der Waals surface area (Å²) < 4.78 is 5.34. The van der Waals surface area contributed by atoms with Crippen LogP contribution in [-0.4, -0.2) is 36.6 Å². The second kappa shape index (κ2) is 7.58. The molecule has 1 fully saturated rings. The number of carbonyl (C=O) groups is 1. The molecule has 1 aliphatic heterocycles. The van der Waals surface area contributed by atoms with Gasteiger partial charge in [0.2, 0.25) is 5.91 Å². The minimum atomic E-state index is -0.496. The molecule has 1 heterocycles. The van der Waals surface area contributed by atoms with Gasteiger partial charge < -0.3 is 15.4 Å². The highest BCUT2D eigenvalue weighted by molar-refractivity contribution is 5.76. The average molecular weight is 293 g/mol. The van der Waals surface area contributed by atoms with Crippen molar-refractivity contribution in [3.63, 3.8) is 0 Å². The Morgan fingerprint density at radius 3 is 2.81 bits per heavy atom. The van der Waals surface area contributed by atoms with Gasteiger partial charge in [-0.15, -0.1) is 0 Å². The number of hydrogen-bond acceptors (Lipinski definition) is 5. The van der Waals surface area contributed by atoms with E-state index in [0.717, 1.165) is 25.9 Å². The molecule has 0 saturated carbocycles. The summed E-state index contributed by atoms with van der Waals surface area (Å²) >= 11 is 0. The molecule has 1 amide bonds. The number of hydrogen-bond donors (Lipinski definition) is 2. The molecule has 2 N–H and O–H groups in total. The maximum atomic E-state index is 11.8. The normalized spacial score (nSPS) is 15.4. The predicted octanol–water partition coefficient (Wildman–Crippen LogP) is 1.23. The standard InChI is InChI=1S/C14H19N3O4/c18-14(16-11-5-8-15-9-6-11)7-10-21-13-4-2-1-3-12(13)17(19)20/h1-4,11,15H,5-10H2,(H,16,18). The molecule has 114 valence electrons. The van der Waals surface area contributed by atoms with Crippen LogP contribution in [0.3, 0.4) is 0 Å². The first-order chi connectivity index (χ1) is 10.2. The Balaban J connectivity index is 1.76. The van der Waals surface area contributed by atoms with E-state index in [1.54, 1.807) is 12.1 Å². The summed E-state index contributed by atoms with van der Waals surface area (Å²) in [5.41, 5.74) is -0.0868. The second-order valence-corrected chi connectivity index (χ2v) is 4.92. The van der Waals surface area contributed by atoms with Crippen molar-refractivity contribution in [2.75, 3.05) is 19.7 Å². The minimum Gasteiger partial charge on any atom is -0.486 e. The first-order valence-electron chi connectivity index (χ1n) is 7.03. The fourth-order valence-electron chi connectivity index (χ4n) is 2.25. The van der Waals surface area contributed by atoms with Gasteiger partial charge in [-0.05, 0) is 32.0 Å². The third-order valence-electron chi connectivity index (χ3n) is 3.35. The van der Waals surface area contributed by atoms with Gasteiger partial charge in [-0.2, -0.15) is 0 Å². The summed E-state index contributed by atoms with van der Waals surface area (Å²) in [5.74, 6) is 0.109. The summed E-state index contributed by atoms with van der Waals surface area (Å²) in [4.78, 5) is 22.1. The van der Waals surface area contributed by atoms with Crippen LogP contribution >= 0.6 is 0 Å². The van der Waals surface area contributed by atoms with Crippen LogP contribution in [0.15, 0.2) is 24.3 Å². The van der Waals surface area contributed by atoms with Crippen molar-refractivity contribution in [2.45, 2.75) is 25.3 Å². The zero-order valence-corrected chi connectivity index (χ0v) is 11.7. The number of nitro groups is 1. The molecule has 21 heavy (non-hydrogen) atoms. The van der Waals surface area contributed by atoms with Crippen molar-refractivity contribution in [1.29, 1.82) is 0 Å². The third-order valence-corrected chi connectivity index (χ3v) is 3.35. The number of rotatable bonds is 6. The lowest BCUT2D eigenvalue weighted by Crippen LogP contribution is -2.43. The molecule has 1 saturated heterocycles. The number of benzene rings is 1. The van der Waals surface area contributed by atoms with E-state index in [0.29, 0.717) is 0 Å². The van der Waals surface area contributed by atoms with Gasteiger partial charge in [-0.1, -0.05) is 12.1 Å². The summed E-state index contributed by atoms with van der Waals surface area (Å²) in [6.07, 6.45) is 2.05. The van der Waals surface area contributed by atoms with E-state index in [-0.39, 0.29) is 36.4 Å². The van der Waals surface area contributed by atoms with Crippen LogP contribution in [0.2, 0.25) is 0 Å². The van der Waals surface area contributed by atoms with E-state index in [1.165, 1.54) is 12.1 Å². The maximum Gasteiger partial charge on any atom is 0.310 e. The predicted molar refractivity (Wildman–Crippen MR) is 77.2 cm³/mol. The molecule has 7 heteroatoms. The number of nitrogens with one attached hydrogen (secondary N) is 2. The average Bonchev–Trinajstić information content (AvgIpc) is 2.48. The van der Waals surface area contributed by atoms with E-state index >= 15 is 0 Å². The van der Waals surface area contributed by atoms with Crippen LogP contribution in [0.4, 0.5) is 5.69 Å². The molecule has 0 bridgehead atoms. The largest absolute Gasteiger partial charge is 0.486 e. The highest BCUT2D eigenvalue weighted by atomic mass is 16.6. The van der Waals surface area contributed by atoms with Crippen LogP contribution in [0, 0.1) is 10.1 Å². The van der Waals surface area contributed by atoms with E-state index in [4.69, 9.17) is 4.74 Å². The Labute approximate surface area is 122 Å². The summed E-state index contributed by atoms with van der Waals surface area (Å²) in [6, 6.07) is 6.37. The van der Waals surface area contributed by atoms with Crippen molar-refractivity contribution in [1.82, 2.24) is 10.6 Å². The van der Waals surface area contributed by atoms with Gasteiger partial charge in [0, 0.05) is 12.1 Å². The molecule has 0 aliphatic carbocycles. The number of ether oxygens (including phenoxy) is 1. The lowest BCUT2D eigenvalue weighted by atomic mass is 10.1. The maximum absolute atomic E-state index is 11.8. The van der Waals surface area contributed by atoms with Crippen molar-refractivity contribution >= 4 is 11.6 Å². The number of para-hydroxylation sites is 2. The van der Waals surface area contributed by atoms with E-state index in [9.17, 15) is 14.9 Å². The van der Waals surface area contributed by atoms with Crippen LogP contribution in [0.1, 0.15) is 19.3 Å². The molecule has 1 aromatic rings. The molecule has 0 atom stereocenters. The van der Waals surface area contributed by atoms with Crippen LogP contribution < -0.4 is 15.4 Å². The van der Waals surface area contributed by atoms with Gasteiger partial charge in [0.25, 0.3) is 0 Å².